The van der Waals surface area contributed by atoms with Gasteiger partial charge in [0.1, 0.15) is 5.82 Å². The Kier molecular flexibility index (Phi) is 2.79. The normalized spacial score (nSPS) is 11.5. The molecule has 2 rings (SSSR count). The Labute approximate surface area is 94.0 Å². The molecule has 0 N–H and O–H groups in total. The first-order valence-electron chi connectivity index (χ1n) is 4.61. The van der Waals surface area contributed by atoms with Gasteiger partial charge in [0, 0.05) is 30.2 Å². The molecule has 0 unspecified atom stereocenters. The highest BCUT2D eigenvalue weighted by Crippen LogP contribution is 2.35. The zero-order valence-corrected chi connectivity index (χ0v) is 8.37. The van der Waals surface area contributed by atoms with Crippen molar-refractivity contribution in [1.29, 1.82) is 0 Å². The third kappa shape index (κ3) is 2.41. The second-order valence-electron chi connectivity index (χ2n) is 3.28. The summed E-state index contributed by atoms with van der Waals surface area (Å²) in [4.78, 5) is 7.31. The number of hydrogen-bond acceptors (Lipinski definition) is 2. The van der Waals surface area contributed by atoms with Crippen molar-refractivity contribution in [2.75, 3.05) is 0 Å². The topological polar surface area (TPSA) is 25.8 Å². The highest BCUT2D eigenvalue weighted by atomic mass is 19.4. The number of rotatable bonds is 1. The minimum absolute atomic E-state index is 0.0922. The molecule has 2 nitrogen and oxygen atoms in total. The fourth-order valence-corrected chi connectivity index (χ4v) is 1.40. The van der Waals surface area contributed by atoms with Gasteiger partial charge in [-0.1, -0.05) is 0 Å². The maximum Gasteiger partial charge on any atom is 0.417 e. The number of alkyl halides is 3. The van der Waals surface area contributed by atoms with E-state index in [1.54, 1.807) is 0 Å². The predicted molar refractivity (Wildman–Crippen MR) is 52.4 cm³/mol. The zero-order valence-electron chi connectivity index (χ0n) is 8.37. The van der Waals surface area contributed by atoms with Gasteiger partial charge in [-0.2, -0.15) is 13.2 Å². The first-order valence-corrected chi connectivity index (χ1v) is 4.61. The molecule has 17 heavy (non-hydrogen) atoms. The van der Waals surface area contributed by atoms with Gasteiger partial charge in [0.25, 0.3) is 0 Å². The minimum atomic E-state index is -4.52. The van der Waals surface area contributed by atoms with Crippen molar-refractivity contribution in [3.05, 3.63) is 48.2 Å². The summed E-state index contributed by atoms with van der Waals surface area (Å²) in [5, 5.41) is 0. The van der Waals surface area contributed by atoms with Gasteiger partial charge in [-0.05, 0) is 12.1 Å². The molecule has 0 aliphatic heterocycles. The van der Waals surface area contributed by atoms with Crippen molar-refractivity contribution in [2.24, 2.45) is 0 Å². The minimum Gasteiger partial charge on any atom is -0.264 e. The summed E-state index contributed by atoms with van der Waals surface area (Å²) in [5.41, 5.74) is -1.21. The predicted octanol–water partition coefficient (Wildman–Crippen LogP) is 3.30. The smallest absolute Gasteiger partial charge is 0.264 e. The second-order valence-corrected chi connectivity index (χ2v) is 3.28. The summed E-state index contributed by atoms with van der Waals surface area (Å²) in [5.74, 6) is -0.646. The standard InChI is InChI=1S/C11H6F4N2/c12-7-1-4-17-10(5-7)8-6-16-3-2-9(8)11(13,14)15/h1-6H. The molecule has 0 atom stereocenters. The molecule has 0 amide bonds. The van der Waals surface area contributed by atoms with Crippen LogP contribution < -0.4 is 0 Å². The summed E-state index contributed by atoms with van der Waals surface area (Å²) >= 11 is 0. The van der Waals surface area contributed by atoms with Crippen LogP contribution in [0.1, 0.15) is 5.56 Å². The summed E-state index contributed by atoms with van der Waals surface area (Å²) in [7, 11) is 0. The van der Waals surface area contributed by atoms with Gasteiger partial charge in [0.2, 0.25) is 0 Å². The highest BCUT2D eigenvalue weighted by molar-refractivity contribution is 5.63. The van der Waals surface area contributed by atoms with E-state index in [1.165, 1.54) is 0 Å². The highest BCUT2D eigenvalue weighted by Gasteiger charge is 2.33. The van der Waals surface area contributed by atoms with Crippen molar-refractivity contribution in [3.63, 3.8) is 0 Å². The van der Waals surface area contributed by atoms with E-state index in [1.807, 2.05) is 0 Å². The maximum atomic E-state index is 12.9. The third-order valence-electron chi connectivity index (χ3n) is 2.12. The van der Waals surface area contributed by atoms with E-state index >= 15 is 0 Å². The molecule has 0 aliphatic rings. The largest absolute Gasteiger partial charge is 0.417 e. The Morgan fingerprint density at radius 3 is 2.47 bits per heavy atom. The fraction of sp³-hybridized carbons (Fsp3) is 0.0909. The van der Waals surface area contributed by atoms with E-state index in [-0.39, 0.29) is 11.3 Å². The van der Waals surface area contributed by atoms with Crippen LogP contribution in [0.5, 0.6) is 0 Å². The van der Waals surface area contributed by atoms with Crippen molar-refractivity contribution < 1.29 is 17.6 Å². The molecule has 0 saturated heterocycles. The molecule has 2 aromatic rings. The summed E-state index contributed by atoms with van der Waals surface area (Å²) in [6.45, 7) is 0. The van der Waals surface area contributed by atoms with Crippen molar-refractivity contribution >= 4 is 0 Å². The Morgan fingerprint density at radius 1 is 1.06 bits per heavy atom. The number of aromatic nitrogens is 2. The molecular formula is C11H6F4N2. The number of pyridine rings is 2. The molecule has 0 aromatic carbocycles. The Balaban J connectivity index is 2.60. The SMILES string of the molecule is Fc1ccnc(-c2cnccc2C(F)(F)F)c1. The Morgan fingerprint density at radius 2 is 1.82 bits per heavy atom. The summed E-state index contributed by atoms with van der Waals surface area (Å²) in [6, 6.07) is 2.83. The van der Waals surface area contributed by atoms with Crippen LogP contribution in [0.3, 0.4) is 0 Å². The fourth-order valence-electron chi connectivity index (χ4n) is 1.40. The second kappa shape index (κ2) is 4.12. The lowest BCUT2D eigenvalue weighted by atomic mass is 10.1. The molecule has 88 valence electrons. The van der Waals surface area contributed by atoms with Gasteiger partial charge in [0.15, 0.2) is 0 Å². The molecule has 6 heteroatoms. The van der Waals surface area contributed by atoms with E-state index in [2.05, 4.69) is 9.97 Å². The average molecular weight is 242 g/mol. The zero-order chi connectivity index (χ0) is 12.5. The number of halogens is 4. The van der Waals surface area contributed by atoms with Gasteiger partial charge < -0.3 is 0 Å². The van der Waals surface area contributed by atoms with Crippen LogP contribution in [0, 0.1) is 5.82 Å². The Hall–Kier alpha value is -1.98. The molecule has 2 heterocycles. The van der Waals surface area contributed by atoms with Crippen molar-refractivity contribution in [2.45, 2.75) is 6.18 Å². The lowest BCUT2D eigenvalue weighted by Gasteiger charge is -2.11. The first kappa shape index (κ1) is 11.5. The van der Waals surface area contributed by atoms with Gasteiger partial charge in [0.05, 0.1) is 11.3 Å². The number of hydrogen-bond donors (Lipinski definition) is 0. The molecular weight excluding hydrogens is 236 g/mol. The number of nitrogens with zero attached hydrogens (tertiary/aromatic N) is 2. The van der Waals surface area contributed by atoms with Crippen molar-refractivity contribution in [3.8, 4) is 11.3 Å². The van der Waals surface area contributed by atoms with Gasteiger partial charge in [-0.25, -0.2) is 4.39 Å². The average Bonchev–Trinajstić information content (AvgIpc) is 2.28. The lowest BCUT2D eigenvalue weighted by molar-refractivity contribution is -0.137. The van der Waals surface area contributed by atoms with E-state index in [9.17, 15) is 17.6 Å². The monoisotopic (exact) mass is 242 g/mol. The van der Waals surface area contributed by atoms with Crippen LogP contribution in [-0.4, -0.2) is 9.97 Å². The first-order chi connectivity index (χ1) is 7.98. The van der Waals surface area contributed by atoms with E-state index in [4.69, 9.17) is 0 Å². The van der Waals surface area contributed by atoms with Crippen LogP contribution in [-0.2, 0) is 6.18 Å². The van der Waals surface area contributed by atoms with Gasteiger partial charge in [-0.15, -0.1) is 0 Å². The molecule has 0 saturated carbocycles. The molecule has 2 aromatic heterocycles. The van der Waals surface area contributed by atoms with E-state index < -0.39 is 17.6 Å². The van der Waals surface area contributed by atoms with Crippen molar-refractivity contribution in [1.82, 2.24) is 9.97 Å². The molecule has 0 spiro atoms. The molecule has 0 aliphatic carbocycles. The van der Waals surface area contributed by atoms with Gasteiger partial charge in [-0.3, -0.25) is 9.97 Å². The van der Waals surface area contributed by atoms with E-state index in [0.717, 1.165) is 36.8 Å². The Bertz CT molecular complexity index is 537. The quantitative estimate of drug-likeness (QED) is 0.717. The van der Waals surface area contributed by atoms with Crippen LogP contribution in [0.4, 0.5) is 17.6 Å². The molecule has 0 radical (unpaired) electrons. The van der Waals surface area contributed by atoms with Crippen LogP contribution in [0.25, 0.3) is 11.3 Å². The van der Waals surface area contributed by atoms with Crippen LogP contribution >= 0.6 is 0 Å². The van der Waals surface area contributed by atoms with Gasteiger partial charge >= 0.3 is 6.18 Å². The lowest BCUT2D eigenvalue weighted by Crippen LogP contribution is -2.07. The van der Waals surface area contributed by atoms with E-state index in [0.29, 0.717) is 0 Å². The summed E-state index contributed by atoms with van der Waals surface area (Å²) < 4.78 is 51.0. The third-order valence-corrected chi connectivity index (χ3v) is 2.12. The maximum absolute atomic E-state index is 12.9. The molecule has 0 fully saturated rings. The molecule has 0 bridgehead atoms. The summed E-state index contributed by atoms with van der Waals surface area (Å²) in [6.07, 6.45) is -1.36. The van der Waals surface area contributed by atoms with Crippen LogP contribution in [0.2, 0.25) is 0 Å². The van der Waals surface area contributed by atoms with Crippen LogP contribution in [0.15, 0.2) is 36.8 Å².